The zero-order valence-corrected chi connectivity index (χ0v) is 20.0. The summed E-state index contributed by atoms with van der Waals surface area (Å²) in [5.41, 5.74) is 4.27. The summed E-state index contributed by atoms with van der Waals surface area (Å²) < 4.78 is 25.9. The quantitative estimate of drug-likeness (QED) is 0.218. The fourth-order valence-electron chi connectivity index (χ4n) is 3.76. The molecule has 0 spiro atoms. The van der Waals surface area contributed by atoms with Crippen molar-refractivity contribution in [2.24, 2.45) is 0 Å². The molecule has 0 N–H and O–H groups in total. The van der Waals surface area contributed by atoms with Crippen LogP contribution in [0.3, 0.4) is 0 Å². The molecule has 0 aliphatic carbocycles. The average Bonchev–Trinajstić information content (AvgIpc) is 2.91. The molecule has 0 saturated carbocycles. The van der Waals surface area contributed by atoms with E-state index in [4.69, 9.17) is 9.47 Å². The van der Waals surface area contributed by atoms with Crippen LogP contribution in [0.5, 0.6) is 0 Å². The van der Waals surface area contributed by atoms with Gasteiger partial charge in [-0.2, -0.15) is 0 Å². The Morgan fingerprint density at radius 2 is 0.824 bits per heavy atom. The van der Waals surface area contributed by atoms with Gasteiger partial charge in [0.25, 0.3) is 0 Å². The highest BCUT2D eigenvalue weighted by Gasteiger charge is 2.25. The fraction of sp³-hybridized carbons (Fsp3) is 0.200. The van der Waals surface area contributed by atoms with E-state index >= 15 is 0 Å². The second-order valence-corrected chi connectivity index (χ2v) is 9.71. The van der Waals surface area contributed by atoms with Gasteiger partial charge in [-0.1, -0.05) is 121 Å². The van der Waals surface area contributed by atoms with Crippen LogP contribution in [-0.2, 0) is 33.9 Å². The molecule has 2 atom stereocenters. The van der Waals surface area contributed by atoms with Crippen molar-refractivity contribution in [1.29, 1.82) is 0 Å². The Balaban J connectivity index is 1.44. The molecule has 0 bridgehead atoms. The third-order valence-corrected chi connectivity index (χ3v) is 6.95. The summed E-state index contributed by atoms with van der Waals surface area (Å²) in [6.45, 7) is 0.953. The first kappa shape index (κ1) is 24.2. The van der Waals surface area contributed by atoms with Crippen LogP contribution in [0.4, 0.5) is 0 Å². The number of benzene rings is 4. The number of ether oxygens (including phenoxy) is 2. The lowest BCUT2D eigenvalue weighted by atomic mass is 10.1. The maximum Gasteiger partial charge on any atom is 0.135 e. The van der Waals surface area contributed by atoms with Crippen LogP contribution >= 0.6 is 0 Å². The predicted molar refractivity (Wildman–Crippen MR) is 139 cm³/mol. The molecule has 4 aromatic rings. The van der Waals surface area contributed by atoms with Gasteiger partial charge in [-0.3, -0.25) is 0 Å². The Bertz CT molecular complexity index is 986. The second kappa shape index (κ2) is 13.1. The van der Waals surface area contributed by atoms with Crippen LogP contribution in [0.15, 0.2) is 121 Å². The highest BCUT2D eigenvalue weighted by molar-refractivity contribution is 7.91. The van der Waals surface area contributed by atoms with E-state index in [9.17, 15) is 4.55 Å². The van der Waals surface area contributed by atoms with Crippen molar-refractivity contribution < 1.29 is 14.0 Å². The minimum atomic E-state index is -1.15. The summed E-state index contributed by atoms with van der Waals surface area (Å²) in [4.78, 5) is 0. The SMILES string of the molecule is [O-][S+](CC(OCc1ccccc1)c1ccccc1)CC(OCc1ccccc1)c1ccccc1. The van der Waals surface area contributed by atoms with E-state index in [2.05, 4.69) is 0 Å². The van der Waals surface area contributed by atoms with Crippen molar-refractivity contribution in [3.8, 4) is 0 Å². The summed E-state index contributed by atoms with van der Waals surface area (Å²) in [7, 11) is 0. The summed E-state index contributed by atoms with van der Waals surface area (Å²) in [6.07, 6.45) is -0.513. The van der Waals surface area contributed by atoms with Crippen LogP contribution in [0.25, 0.3) is 0 Å². The Labute approximate surface area is 205 Å². The van der Waals surface area contributed by atoms with Crippen LogP contribution in [0.1, 0.15) is 34.5 Å². The van der Waals surface area contributed by atoms with Crippen LogP contribution < -0.4 is 0 Å². The molecule has 4 heteroatoms. The molecule has 2 unspecified atom stereocenters. The minimum absolute atomic E-state index is 0.257. The minimum Gasteiger partial charge on any atom is -0.616 e. The van der Waals surface area contributed by atoms with Crippen molar-refractivity contribution in [3.05, 3.63) is 144 Å². The third kappa shape index (κ3) is 7.57. The lowest BCUT2D eigenvalue weighted by Gasteiger charge is -2.24. The summed E-state index contributed by atoms with van der Waals surface area (Å²) in [6, 6.07) is 40.3. The average molecular weight is 471 g/mol. The zero-order chi connectivity index (χ0) is 23.4. The molecular weight excluding hydrogens is 440 g/mol. The Kier molecular flexibility index (Phi) is 9.35. The van der Waals surface area contributed by atoms with E-state index in [0.717, 1.165) is 22.3 Å². The van der Waals surface area contributed by atoms with Gasteiger partial charge >= 0.3 is 0 Å². The van der Waals surface area contributed by atoms with Gasteiger partial charge in [0.2, 0.25) is 0 Å². The Morgan fingerprint density at radius 3 is 1.18 bits per heavy atom. The van der Waals surface area contributed by atoms with E-state index in [1.165, 1.54) is 0 Å². The first-order valence-electron chi connectivity index (χ1n) is 11.5. The van der Waals surface area contributed by atoms with Gasteiger partial charge in [0, 0.05) is 0 Å². The van der Waals surface area contributed by atoms with Crippen molar-refractivity contribution >= 4 is 11.2 Å². The molecule has 0 saturated heterocycles. The van der Waals surface area contributed by atoms with E-state index in [-0.39, 0.29) is 12.2 Å². The van der Waals surface area contributed by atoms with Crippen molar-refractivity contribution in [3.63, 3.8) is 0 Å². The normalized spacial score (nSPS) is 13.8. The monoisotopic (exact) mass is 470 g/mol. The van der Waals surface area contributed by atoms with Gasteiger partial charge in [-0.15, -0.1) is 0 Å². The molecule has 34 heavy (non-hydrogen) atoms. The molecule has 4 aromatic carbocycles. The lowest BCUT2D eigenvalue weighted by Crippen LogP contribution is -2.24. The van der Waals surface area contributed by atoms with Crippen LogP contribution in [-0.4, -0.2) is 16.1 Å². The topological polar surface area (TPSA) is 41.5 Å². The van der Waals surface area contributed by atoms with Gasteiger partial charge in [0.05, 0.1) is 13.2 Å². The molecule has 174 valence electrons. The fourth-order valence-corrected chi connectivity index (χ4v) is 5.15. The summed E-state index contributed by atoms with van der Waals surface area (Å²) in [5, 5.41) is 0. The van der Waals surface area contributed by atoms with Crippen LogP contribution in [0.2, 0.25) is 0 Å². The van der Waals surface area contributed by atoms with Gasteiger partial charge in [0.1, 0.15) is 23.7 Å². The lowest BCUT2D eigenvalue weighted by molar-refractivity contribution is 0.0499. The molecule has 0 aliphatic heterocycles. The van der Waals surface area contributed by atoms with Gasteiger partial charge < -0.3 is 14.0 Å². The third-order valence-electron chi connectivity index (χ3n) is 5.61. The van der Waals surface area contributed by atoms with Crippen molar-refractivity contribution in [2.45, 2.75) is 25.4 Å². The van der Waals surface area contributed by atoms with E-state index in [1.807, 2.05) is 121 Å². The van der Waals surface area contributed by atoms with Gasteiger partial charge in [-0.25, -0.2) is 0 Å². The molecule has 0 fully saturated rings. The van der Waals surface area contributed by atoms with Gasteiger partial charge in [-0.05, 0) is 33.4 Å². The Hall–Kier alpha value is -2.89. The molecule has 4 rings (SSSR count). The zero-order valence-electron chi connectivity index (χ0n) is 19.2. The van der Waals surface area contributed by atoms with Crippen molar-refractivity contribution in [2.75, 3.05) is 11.5 Å². The standard InChI is InChI=1S/C30H30O3S/c31-34(23-29(27-17-9-3-10-18-27)32-21-25-13-5-1-6-14-25)24-30(28-19-11-4-12-20-28)33-22-26-15-7-2-8-16-26/h1-20,29-30H,21-24H2. The maximum atomic E-state index is 13.4. The molecular formula is C30H30O3S. The first-order chi connectivity index (χ1) is 16.8. The highest BCUT2D eigenvalue weighted by Crippen LogP contribution is 2.26. The van der Waals surface area contributed by atoms with Crippen molar-refractivity contribution in [1.82, 2.24) is 0 Å². The first-order valence-corrected chi connectivity index (χ1v) is 13.0. The maximum absolute atomic E-state index is 13.4. The Morgan fingerprint density at radius 1 is 0.500 bits per heavy atom. The second-order valence-electron chi connectivity index (χ2n) is 8.17. The summed E-state index contributed by atoms with van der Waals surface area (Å²) in [5.74, 6) is 0.823. The van der Waals surface area contributed by atoms with E-state index in [0.29, 0.717) is 24.7 Å². The smallest absolute Gasteiger partial charge is 0.135 e. The molecule has 0 radical (unpaired) electrons. The van der Waals surface area contributed by atoms with E-state index in [1.54, 1.807) is 0 Å². The summed E-state index contributed by atoms with van der Waals surface area (Å²) >= 11 is -1.15. The van der Waals surface area contributed by atoms with E-state index < -0.39 is 11.2 Å². The predicted octanol–water partition coefficient (Wildman–Crippen LogP) is 6.65. The van der Waals surface area contributed by atoms with Crippen LogP contribution in [0, 0.1) is 0 Å². The number of hydrogen-bond acceptors (Lipinski definition) is 3. The molecule has 0 heterocycles. The molecule has 0 aliphatic rings. The van der Waals surface area contributed by atoms with Gasteiger partial charge in [0.15, 0.2) is 0 Å². The molecule has 0 aromatic heterocycles. The molecule has 3 nitrogen and oxygen atoms in total. The number of rotatable bonds is 12. The number of hydrogen-bond donors (Lipinski definition) is 0. The largest absolute Gasteiger partial charge is 0.616 e. The molecule has 0 amide bonds. The highest BCUT2D eigenvalue weighted by atomic mass is 32.2.